The highest BCUT2D eigenvalue weighted by Crippen LogP contribution is 2.25. The summed E-state index contributed by atoms with van der Waals surface area (Å²) in [6.07, 6.45) is 6.48. The number of rotatable bonds is 5. The molecule has 1 unspecified atom stereocenters. The number of hydrogen-bond acceptors (Lipinski definition) is 2. The highest BCUT2D eigenvalue weighted by atomic mass is 16.1. The minimum atomic E-state index is -0.00851. The van der Waals surface area contributed by atoms with E-state index in [4.69, 9.17) is 0 Å². The van der Waals surface area contributed by atoms with Crippen LogP contribution in [0.2, 0.25) is 0 Å². The quantitative estimate of drug-likeness (QED) is 0.749. The summed E-state index contributed by atoms with van der Waals surface area (Å²) in [5.41, 5.74) is 2.05. The van der Waals surface area contributed by atoms with Crippen LogP contribution in [0.3, 0.4) is 0 Å². The van der Waals surface area contributed by atoms with E-state index in [2.05, 4.69) is 25.7 Å². The number of nitrogens with zero attached hydrogens (tertiary/aromatic N) is 1. The molecule has 0 bridgehead atoms. The maximum absolute atomic E-state index is 12.7. The average molecular weight is 273 g/mol. The zero-order valence-electron chi connectivity index (χ0n) is 13.1. The highest BCUT2D eigenvalue weighted by Gasteiger charge is 2.28. The van der Waals surface area contributed by atoms with Crippen molar-refractivity contribution in [1.29, 1.82) is 0 Å². The van der Waals surface area contributed by atoms with Crippen molar-refractivity contribution in [1.82, 2.24) is 4.90 Å². The van der Waals surface area contributed by atoms with Gasteiger partial charge < -0.3 is 0 Å². The number of benzene rings is 1. The largest absolute Gasteiger partial charge is 0.292 e. The predicted molar refractivity (Wildman–Crippen MR) is 84.2 cm³/mol. The minimum absolute atomic E-state index is 0.00851. The van der Waals surface area contributed by atoms with Gasteiger partial charge in [0.2, 0.25) is 0 Å². The number of carbonyl (C=O) groups excluding carboxylic acids is 1. The van der Waals surface area contributed by atoms with E-state index in [-0.39, 0.29) is 11.8 Å². The van der Waals surface area contributed by atoms with Gasteiger partial charge in [-0.25, -0.2) is 0 Å². The SMILES string of the molecule is CCN(C1CCCCC1)C(C)C(=O)c1ccc(C)cc1. The summed E-state index contributed by atoms with van der Waals surface area (Å²) in [6.45, 7) is 7.26. The Labute approximate surface area is 123 Å². The van der Waals surface area contributed by atoms with E-state index in [1.165, 1.54) is 37.7 Å². The van der Waals surface area contributed by atoms with Gasteiger partial charge in [0.25, 0.3) is 0 Å². The van der Waals surface area contributed by atoms with Crippen molar-refractivity contribution in [2.24, 2.45) is 0 Å². The Morgan fingerprint density at radius 1 is 1.20 bits per heavy atom. The fraction of sp³-hybridized carbons (Fsp3) is 0.611. The van der Waals surface area contributed by atoms with Gasteiger partial charge in [0.1, 0.15) is 0 Å². The van der Waals surface area contributed by atoms with Gasteiger partial charge in [-0.2, -0.15) is 0 Å². The molecule has 1 aromatic carbocycles. The smallest absolute Gasteiger partial charge is 0.179 e. The summed E-state index contributed by atoms with van der Waals surface area (Å²) >= 11 is 0. The molecule has 2 nitrogen and oxygen atoms in total. The van der Waals surface area contributed by atoms with Crippen molar-refractivity contribution in [2.45, 2.75) is 65.0 Å². The van der Waals surface area contributed by atoms with Gasteiger partial charge in [-0.3, -0.25) is 9.69 Å². The normalized spacial score (nSPS) is 18.2. The van der Waals surface area contributed by atoms with Crippen molar-refractivity contribution in [2.75, 3.05) is 6.54 Å². The van der Waals surface area contributed by atoms with Crippen molar-refractivity contribution in [3.8, 4) is 0 Å². The van der Waals surface area contributed by atoms with Crippen LogP contribution in [0.5, 0.6) is 0 Å². The first-order valence-corrected chi connectivity index (χ1v) is 8.00. The first kappa shape index (κ1) is 15.2. The van der Waals surface area contributed by atoms with Gasteiger partial charge in [0.05, 0.1) is 6.04 Å². The molecule has 1 aromatic rings. The summed E-state index contributed by atoms with van der Waals surface area (Å²) in [4.78, 5) is 15.1. The van der Waals surface area contributed by atoms with E-state index in [1.54, 1.807) is 0 Å². The lowest BCUT2D eigenvalue weighted by atomic mass is 9.92. The molecule has 1 atom stereocenters. The molecule has 20 heavy (non-hydrogen) atoms. The zero-order chi connectivity index (χ0) is 14.5. The number of hydrogen-bond donors (Lipinski definition) is 0. The maximum atomic E-state index is 12.7. The Hall–Kier alpha value is -1.15. The molecule has 0 heterocycles. The number of aryl methyl sites for hydroxylation is 1. The van der Waals surface area contributed by atoms with Crippen LogP contribution in [0.15, 0.2) is 24.3 Å². The van der Waals surface area contributed by atoms with Crippen LogP contribution >= 0.6 is 0 Å². The fourth-order valence-corrected chi connectivity index (χ4v) is 3.37. The lowest BCUT2D eigenvalue weighted by molar-refractivity contribution is 0.0718. The third-order valence-electron chi connectivity index (χ3n) is 4.62. The van der Waals surface area contributed by atoms with E-state index in [1.807, 2.05) is 24.3 Å². The molecule has 0 amide bonds. The van der Waals surface area contributed by atoms with E-state index >= 15 is 0 Å². The van der Waals surface area contributed by atoms with Gasteiger partial charge in [0.15, 0.2) is 5.78 Å². The first-order valence-electron chi connectivity index (χ1n) is 8.00. The monoisotopic (exact) mass is 273 g/mol. The molecule has 1 aliphatic carbocycles. The van der Waals surface area contributed by atoms with Gasteiger partial charge in [-0.1, -0.05) is 56.0 Å². The fourth-order valence-electron chi connectivity index (χ4n) is 3.37. The second-order valence-corrected chi connectivity index (χ2v) is 6.03. The van der Waals surface area contributed by atoms with Crippen molar-refractivity contribution in [3.05, 3.63) is 35.4 Å². The third kappa shape index (κ3) is 3.49. The molecule has 2 rings (SSSR count). The third-order valence-corrected chi connectivity index (χ3v) is 4.62. The molecule has 0 radical (unpaired) electrons. The summed E-state index contributed by atoms with van der Waals surface area (Å²) in [6, 6.07) is 8.56. The average Bonchev–Trinajstić information content (AvgIpc) is 2.49. The van der Waals surface area contributed by atoms with Gasteiger partial charge in [0, 0.05) is 11.6 Å². The van der Waals surface area contributed by atoms with Crippen LogP contribution in [-0.2, 0) is 0 Å². The van der Waals surface area contributed by atoms with Gasteiger partial charge >= 0.3 is 0 Å². The Kier molecular flexibility index (Phi) is 5.36. The van der Waals surface area contributed by atoms with Crippen molar-refractivity contribution < 1.29 is 4.79 Å². The Bertz CT molecular complexity index is 431. The van der Waals surface area contributed by atoms with E-state index in [0.717, 1.165) is 12.1 Å². The molecule has 0 saturated heterocycles. The topological polar surface area (TPSA) is 20.3 Å². The van der Waals surface area contributed by atoms with E-state index in [9.17, 15) is 4.79 Å². The molecule has 1 aliphatic rings. The summed E-state index contributed by atoms with van der Waals surface area (Å²) in [7, 11) is 0. The molecular formula is C18H27NO. The minimum Gasteiger partial charge on any atom is -0.292 e. The second-order valence-electron chi connectivity index (χ2n) is 6.03. The second kappa shape index (κ2) is 7.03. The molecule has 0 aromatic heterocycles. The van der Waals surface area contributed by atoms with Crippen LogP contribution in [0, 0.1) is 6.92 Å². The van der Waals surface area contributed by atoms with Gasteiger partial charge in [-0.15, -0.1) is 0 Å². The molecular weight excluding hydrogens is 246 g/mol. The summed E-state index contributed by atoms with van der Waals surface area (Å²) in [5.74, 6) is 0.262. The molecule has 0 aliphatic heterocycles. The summed E-state index contributed by atoms with van der Waals surface area (Å²) < 4.78 is 0. The standard InChI is InChI=1S/C18H27NO/c1-4-19(17-8-6-5-7-9-17)15(3)18(20)16-12-10-14(2)11-13-16/h10-13,15,17H,4-9H2,1-3H3. The Morgan fingerprint density at radius 3 is 2.35 bits per heavy atom. The van der Waals surface area contributed by atoms with Crippen LogP contribution in [0.4, 0.5) is 0 Å². The molecule has 0 N–H and O–H groups in total. The van der Waals surface area contributed by atoms with Gasteiger partial charge in [-0.05, 0) is 33.2 Å². The Morgan fingerprint density at radius 2 is 1.80 bits per heavy atom. The van der Waals surface area contributed by atoms with Crippen molar-refractivity contribution in [3.63, 3.8) is 0 Å². The number of Topliss-reactive ketones (excluding diaryl/α,β-unsaturated/α-hetero) is 1. The predicted octanol–water partition coefficient (Wildman–Crippen LogP) is 4.22. The molecule has 2 heteroatoms. The van der Waals surface area contributed by atoms with Crippen LogP contribution in [0.25, 0.3) is 0 Å². The number of carbonyl (C=O) groups is 1. The first-order chi connectivity index (χ1) is 9.63. The Balaban J connectivity index is 2.08. The van der Waals surface area contributed by atoms with Crippen LogP contribution in [-0.4, -0.2) is 29.3 Å². The van der Waals surface area contributed by atoms with E-state index in [0.29, 0.717) is 6.04 Å². The van der Waals surface area contributed by atoms with Crippen LogP contribution in [0.1, 0.15) is 61.9 Å². The number of ketones is 1. The summed E-state index contributed by atoms with van der Waals surface area (Å²) in [5, 5.41) is 0. The maximum Gasteiger partial charge on any atom is 0.179 e. The lowest BCUT2D eigenvalue weighted by Crippen LogP contribution is -2.46. The molecule has 110 valence electrons. The molecule has 1 fully saturated rings. The highest BCUT2D eigenvalue weighted by molar-refractivity contribution is 5.99. The molecule has 1 saturated carbocycles. The number of likely N-dealkylation sites (N-methyl/N-ethyl adjacent to an activating group) is 1. The van der Waals surface area contributed by atoms with E-state index < -0.39 is 0 Å². The lowest BCUT2D eigenvalue weighted by Gasteiger charge is -2.37. The van der Waals surface area contributed by atoms with Crippen LogP contribution < -0.4 is 0 Å². The zero-order valence-corrected chi connectivity index (χ0v) is 13.1. The molecule has 0 spiro atoms. The van der Waals surface area contributed by atoms with Crippen molar-refractivity contribution >= 4 is 5.78 Å².